The molecule has 0 radical (unpaired) electrons. The molecule has 0 unspecified atom stereocenters. The first-order chi connectivity index (χ1) is 9.97. The average molecular weight is 295 g/mol. The summed E-state index contributed by atoms with van der Waals surface area (Å²) in [6.07, 6.45) is 2.02. The summed E-state index contributed by atoms with van der Waals surface area (Å²) in [6, 6.07) is 0. The smallest absolute Gasteiger partial charge is 0.232 e. The number of piperidine rings is 1. The molecule has 0 aromatic rings. The highest BCUT2D eigenvalue weighted by atomic mass is 16.2. The van der Waals surface area contributed by atoms with E-state index in [9.17, 15) is 14.4 Å². The second kappa shape index (κ2) is 6.91. The summed E-state index contributed by atoms with van der Waals surface area (Å²) < 4.78 is 0. The van der Waals surface area contributed by atoms with Crippen molar-refractivity contribution in [1.82, 2.24) is 14.7 Å². The van der Waals surface area contributed by atoms with E-state index in [1.165, 1.54) is 0 Å². The maximum atomic E-state index is 12.2. The minimum absolute atomic E-state index is 0.0333. The van der Waals surface area contributed by atoms with Crippen molar-refractivity contribution in [3.8, 4) is 0 Å². The van der Waals surface area contributed by atoms with Gasteiger partial charge in [-0.2, -0.15) is 0 Å². The zero-order valence-electron chi connectivity index (χ0n) is 13.0. The molecule has 2 aliphatic heterocycles. The number of hydrogen-bond acceptors (Lipinski definition) is 3. The predicted octanol–water partition coefficient (Wildman–Crippen LogP) is 0.326. The molecule has 0 bridgehead atoms. The summed E-state index contributed by atoms with van der Waals surface area (Å²) in [4.78, 5) is 40.8. The molecule has 0 spiro atoms. The Kier molecular flexibility index (Phi) is 5.20. The van der Waals surface area contributed by atoms with Gasteiger partial charge in [-0.3, -0.25) is 14.4 Å². The first-order valence-electron chi connectivity index (χ1n) is 7.78. The van der Waals surface area contributed by atoms with Crippen molar-refractivity contribution >= 4 is 17.7 Å². The van der Waals surface area contributed by atoms with Crippen molar-refractivity contribution in [2.75, 3.05) is 39.3 Å². The van der Waals surface area contributed by atoms with Crippen LogP contribution in [0.25, 0.3) is 0 Å². The van der Waals surface area contributed by atoms with Gasteiger partial charge in [0.15, 0.2) is 0 Å². The number of carbonyl (C=O) groups excluding carboxylic acids is 3. The highest BCUT2D eigenvalue weighted by molar-refractivity contribution is 5.97. The lowest BCUT2D eigenvalue weighted by Crippen LogP contribution is -2.51. The maximum Gasteiger partial charge on any atom is 0.232 e. The quantitative estimate of drug-likeness (QED) is 0.690. The Morgan fingerprint density at radius 2 is 1.24 bits per heavy atom. The number of piperazine rings is 1. The van der Waals surface area contributed by atoms with Gasteiger partial charge < -0.3 is 14.7 Å². The largest absolute Gasteiger partial charge is 0.342 e. The van der Waals surface area contributed by atoms with E-state index < -0.39 is 0 Å². The Morgan fingerprint density at radius 1 is 0.810 bits per heavy atom. The van der Waals surface area contributed by atoms with Crippen molar-refractivity contribution in [1.29, 1.82) is 0 Å². The minimum Gasteiger partial charge on any atom is -0.342 e. The van der Waals surface area contributed by atoms with Gasteiger partial charge in [0.1, 0.15) is 6.42 Å². The maximum absolute atomic E-state index is 12.2. The first kappa shape index (κ1) is 15.8. The molecule has 0 aromatic heterocycles. The van der Waals surface area contributed by atoms with Crippen LogP contribution in [-0.4, -0.2) is 71.7 Å². The van der Waals surface area contributed by atoms with Crippen LogP contribution in [0.1, 0.15) is 33.1 Å². The van der Waals surface area contributed by atoms with Crippen LogP contribution in [-0.2, 0) is 14.4 Å². The number of amides is 3. The van der Waals surface area contributed by atoms with E-state index >= 15 is 0 Å². The molecule has 2 aliphatic rings. The van der Waals surface area contributed by atoms with Crippen LogP contribution in [0.3, 0.4) is 0 Å². The van der Waals surface area contributed by atoms with Crippen LogP contribution in [0.15, 0.2) is 0 Å². The van der Waals surface area contributed by atoms with Crippen molar-refractivity contribution < 1.29 is 14.4 Å². The third-order valence-electron chi connectivity index (χ3n) is 4.52. The Bertz CT molecular complexity index is 408. The highest BCUT2D eigenvalue weighted by Gasteiger charge is 2.26. The molecule has 6 heteroatoms. The zero-order valence-corrected chi connectivity index (χ0v) is 13.0. The summed E-state index contributed by atoms with van der Waals surface area (Å²) in [7, 11) is 0. The fourth-order valence-corrected chi connectivity index (χ4v) is 2.88. The van der Waals surface area contributed by atoms with Crippen molar-refractivity contribution in [3.63, 3.8) is 0 Å². The minimum atomic E-state index is -0.109. The van der Waals surface area contributed by atoms with Gasteiger partial charge in [-0.05, 0) is 18.8 Å². The first-order valence-corrected chi connectivity index (χ1v) is 7.78. The molecule has 0 N–H and O–H groups in total. The van der Waals surface area contributed by atoms with Crippen LogP contribution < -0.4 is 0 Å². The third kappa shape index (κ3) is 4.19. The fourth-order valence-electron chi connectivity index (χ4n) is 2.88. The molecule has 6 nitrogen and oxygen atoms in total. The standard InChI is InChI=1S/C15H25N3O3/c1-12-3-5-17(6-4-12)14(20)11-15(21)18-9-7-16(8-10-18)13(2)19/h12H,3-11H2,1-2H3. The van der Waals surface area contributed by atoms with E-state index in [0.717, 1.165) is 25.9 Å². The van der Waals surface area contributed by atoms with Crippen molar-refractivity contribution in [2.24, 2.45) is 5.92 Å². The van der Waals surface area contributed by atoms with Gasteiger partial charge >= 0.3 is 0 Å². The van der Waals surface area contributed by atoms with Gasteiger partial charge in [0, 0.05) is 46.2 Å². The molecule has 2 fully saturated rings. The molecular formula is C15H25N3O3. The Labute approximate surface area is 126 Å². The van der Waals surface area contributed by atoms with Gasteiger partial charge in [0.05, 0.1) is 0 Å². The number of rotatable bonds is 2. The summed E-state index contributed by atoms with van der Waals surface area (Å²) in [5.41, 5.74) is 0. The van der Waals surface area contributed by atoms with Crippen molar-refractivity contribution in [3.05, 3.63) is 0 Å². The molecule has 118 valence electrons. The Balaban J connectivity index is 1.77. The molecule has 0 saturated carbocycles. The third-order valence-corrected chi connectivity index (χ3v) is 4.52. The summed E-state index contributed by atoms with van der Waals surface area (Å²) in [5, 5.41) is 0. The monoisotopic (exact) mass is 295 g/mol. The Hall–Kier alpha value is -1.59. The Morgan fingerprint density at radius 3 is 1.71 bits per heavy atom. The number of nitrogens with zero attached hydrogens (tertiary/aromatic N) is 3. The molecule has 3 amide bonds. The normalized spacial score (nSPS) is 20.6. The van der Waals surface area contributed by atoms with Crippen LogP contribution in [0.5, 0.6) is 0 Å². The van der Waals surface area contributed by atoms with E-state index in [2.05, 4.69) is 6.92 Å². The summed E-state index contributed by atoms with van der Waals surface area (Å²) >= 11 is 0. The highest BCUT2D eigenvalue weighted by Crippen LogP contribution is 2.17. The molecule has 2 rings (SSSR count). The lowest BCUT2D eigenvalue weighted by molar-refractivity contribution is -0.144. The number of hydrogen-bond donors (Lipinski definition) is 0. The second-order valence-electron chi connectivity index (χ2n) is 6.13. The van der Waals surface area contributed by atoms with Crippen LogP contribution >= 0.6 is 0 Å². The lowest BCUT2D eigenvalue weighted by Gasteiger charge is -2.35. The van der Waals surface area contributed by atoms with Gasteiger partial charge in [0.25, 0.3) is 0 Å². The lowest BCUT2D eigenvalue weighted by atomic mass is 9.99. The predicted molar refractivity (Wildman–Crippen MR) is 78.4 cm³/mol. The van der Waals surface area contributed by atoms with E-state index in [1.54, 1.807) is 16.7 Å². The van der Waals surface area contributed by atoms with Crippen LogP contribution in [0.2, 0.25) is 0 Å². The second-order valence-corrected chi connectivity index (χ2v) is 6.13. The molecule has 21 heavy (non-hydrogen) atoms. The summed E-state index contributed by atoms with van der Waals surface area (Å²) in [5.74, 6) is 0.549. The van der Waals surface area contributed by atoms with Crippen LogP contribution in [0, 0.1) is 5.92 Å². The molecule has 0 aliphatic carbocycles. The van der Waals surface area contributed by atoms with Crippen LogP contribution in [0.4, 0.5) is 0 Å². The zero-order chi connectivity index (χ0) is 15.4. The average Bonchev–Trinajstić information content (AvgIpc) is 2.47. The molecule has 2 saturated heterocycles. The number of likely N-dealkylation sites (tertiary alicyclic amines) is 1. The van der Waals surface area contributed by atoms with E-state index in [0.29, 0.717) is 32.1 Å². The number of carbonyl (C=O) groups is 3. The van der Waals surface area contributed by atoms with Crippen molar-refractivity contribution in [2.45, 2.75) is 33.1 Å². The van der Waals surface area contributed by atoms with E-state index in [-0.39, 0.29) is 24.1 Å². The SMILES string of the molecule is CC(=O)N1CCN(C(=O)CC(=O)N2CCC(C)CC2)CC1. The topological polar surface area (TPSA) is 60.9 Å². The summed E-state index contributed by atoms with van der Waals surface area (Å²) in [6.45, 7) is 7.47. The van der Waals surface area contributed by atoms with E-state index in [4.69, 9.17) is 0 Å². The van der Waals surface area contributed by atoms with Gasteiger partial charge in [-0.1, -0.05) is 6.92 Å². The van der Waals surface area contributed by atoms with E-state index in [1.807, 2.05) is 4.90 Å². The van der Waals surface area contributed by atoms with Gasteiger partial charge in [0.2, 0.25) is 17.7 Å². The van der Waals surface area contributed by atoms with Gasteiger partial charge in [-0.25, -0.2) is 0 Å². The molecule has 0 aromatic carbocycles. The molecule has 2 heterocycles. The molecule has 0 atom stereocenters. The molecular weight excluding hydrogens is 270 g/mol. The van der Waals surface area contributed by atoms with Gasteiger partial charge in [-0.15, -0.1) is 0 Å². The fraction of sp³-hybridized carbons (Fsp3) is 0.800.